The molecule has 0 fully saturated rings. The molecule has 2 aromatic rings. The molecule has 0 bridgehead atoms. The number of nitro benzene ring substituents is 1. The zero-order valence-corrected chi connectivity index (χ0v) is 13.9. The van der Waals surface area contributed by atoms with Gasteiger partial charge in [0.25, 0.3) is 11.6 Å². The molecule has 1 heterocycles. The van der Waals surface area contributed by atoms with Gasteiger partial charge in [0.15, 0.2) is 6.61 Å². The first kappa shape index (κ1) is 17.3. The fraction of sp³-hybridized carbons (Fsp3) is 0.267. The van der Waals surface area contributed by atoms with Crippen LogP contribution in [0.25, 0.3) is 0 Å². The van der Waals surface area contributed by atoms with Gasteiger partial charge in [0.05, 0.1) is 11.0 Å². The van der Waals surface area contributed by atoms with Gasteiger partial charge in [-0.1, -0.05) is 12.1 Å². The van der Waals surface area contributed by atoms with Crippen LogP contribution in [0.5, 0.6) is 5.75 Å². The van der Waals surface area contributed by atoms with E-state index in [9.17, 15) is 14.9 Å². The molecule has 0 radical (unpaired) electrons. The smallest absolute Gasteiger partial charge is 0.273 e. The normalized spacial score (nSPS) is 10.3. The number of thiophene rings is 1. The van der Waals surface area contributed by atoms with Gasteiger partial charge >= 0.3 is 0 Å². The molecule has 0 saturated heterocycles. The molecule has 1 aromatic heterocycles. The van der Waals surface area contributed by atoms with E-state index in [-0.39, 0.29) is 18.2 Å². The number of hydrogen-bond acceptors (Lipinski definition) is 6. The van der Waals surface area contributed by atoms with Crippen molar-refractivity contribution in [1.82, 2.24) is 5.32 Å². The summed E-state index contributed by atoms with van der Waals surface area (Å²) >= 11 is 3.47. The average Bonchev–Trinajstić information content (AvgIpc) is 3.06. The van der Waals surface area contributed by atoms with E-state index >= 15 is 0 Å². The first-order valence-electron chi connectivity index (χ1n) is 6.89. The zero-order valence-electron chi connectivity index (χ0n) is 12.3. The van der Waals surface area contributed by atoms with Crippen molar-refractivity contribution in [3.05, 3.63) is 56.8 Å². The monoisotopic (exact) mass is 352 g/mol. The Morgan fingerprint density at radius 1 is 1.35 bits per heavy atom. The van der Waals surface area contributed by atoms with E-state index < -0.39 is 4.92 Å². The van der Waals surface area contributed by atoms with Crippen LogP contribution in [-0.4, -0.2) is 29.7 Å². The lowest BCUT2D eigenvalue weighted by molar-refractivity contribution is -0.384. The SMILES string of the molecule is O=C(COc1cccc([N+](=O)[O-])c1)NCCSCc1cccs1. The lowest BCUT2D eigenvalue weighted by Crippen LogP contribution is -2.30. The molecule has 0 spiro atoms. The quantitative estimate of drug-likeness (QED) is 0.426. The van der Waals surface area contributed by atoms with Gasteiger partial charge in [-0.15, -0.1) is 11.3 Å². The van der Waals surface area contributed by atoms with Crippen molar-refractivity contribution in [3.8, 4) is 5.75 Å². The molecule has 0 unspecified atom stereocenters. The van der Waals surface area contributed by atoms with E-state index in [4.69, 9.17) is 4.74 Å². The number of nitro groups is 1. The maximum absolute atomic E-state index is 11.6. The Hall–Kier alpha value is -2.06. The van der Waals surface area contributed by atoms with E-state index in [0.717, 1.165) is 11.5 Å². The molecule has 2 rings (SSSR count). The average molecular weight is 352 g/mol. The largest absolute Gasteiger partial charge is 0.484 e. The molecule has 0 atom stereocenters. The predicted molar refractivity (Wildman–Crippen MR) is 92.1 cm³/mol. The van der Waals surface area contributed by atoms with Crippen LogP contribution in [0.15, 0.2) is 41.8 Å². The standard InChI is InChI=1S/C15H16N2O4S2/c18-15(16-6-8-22-11-14-5-2-7-23-14)10-21-13-4-1-3-12(9-13)17(19)20/h1-5,7,9H,6,8,10-11H2,(H,16,18). The number of nitrogens with zero attached hydrogens (tertiary/aromatic N) is 1. The minimum atomic E-state index is -0.502. The fourth-order valence-corrected chi connectivity index (χ4v) is 3.42. The number of thioether (sulfide) groups is 1. The Morgan fingerprint density at radius 3 is 2.96 bits per heavy atom. The van der Waals surface area contributed by atoms with Gasteiger partial charge in [-0.2, -0.15) is 11.8 Å². The number of rotatable bonds is 9. The fourth-order valence-electron chi connectivity index (χ4n) is 1.72. The molecule has 1 N–H and O–H groups in total. The van der Waals surface area contributed by atoms with Crippen molar-refractivity contribution in [1.29, 1.82) is 0 Å². The van der Waals surface area contributed by atoms with Gasteiger partial charge < -0.3 is 10.1 Å². The Bertz CT molecular complexity index is 647. The van der Waals surface area contributed by atoms with Gasteiger partial charge in [-0.25, -0.2) is 0 Å². The van der Waals surface area contributed by atoms with Crippen molar-refractivity contribution in [3.63, 3.8) is 0 Å². The lowest BCUT2D eigenvalue weighted by atomic mass is 10.3. The van der Waals surface area contributed by atoms with Crippen LogP contribution >= 0.6 is 23.1 Å². The van der Waals surface area contributed by atoms with Crippen molar-refractivity contribution < 1.29 is 14.5 Å². The van der Waals surface area contributed by atoms with E-state index in [1.54, 1.807) is 29.2 Å². The molecule has 122 valence electrons. The number of amides is 1. The summed E-state index contributed by atoms with van der Waals surface area (Å²) in [5, 5.41) is 15.4. The van der Waals surface area contributed by atoms with E-state index in [0.29, 0.717) is 12.3 Å². The third-order valence-corrected chi connectivity index (χ3v) is 4.86. The second-order valence-corrected chi connectivity index (χ2v) is 6.66. The summed E-state index contributed by atoms with van der Waals surface area (Å²) in [5.41, 5.74) is -0.0621. The maximum atomic E-state index is 11.6. The molecule has 0 aliphatic heterocycles. The Balaban J connectivity index is 1.61. The Labute approximate surface area is 142 Å². The van der Waals surface area contributed by atoms with Crippen molar-refractivity contribution in [2.24, 2.45) is 0 Å². The second-order valence-electron chi connectivity index (χ2n) is 4.53. The number of carbonyl (C=O) groups is 1. The van der Waals surface area contributed by atoms with Gasteiger partial charge in [0, 0.05) is 29.0 Å². The zero-order chi connectivity index (χ0) is 16.5. The summed E-state index contributed by atoms with van der Waals surface area (Å²) in [6, 6.07) is 9.88. The third kappa shape index (κ3) is 6.29. The lowest BCUT2D eigenvalue weighted by Gasteiger charge is -2.07. The third-order valence-electron chi connectivity index (χ3n) is 2.79. The molecule has 0 aliphatic carbocycles. The summed E-state index contributed by atoms with van der Waals surface area (Å²) in [6.07, 6.45) is 0. The summed E-state index contributed by atoms with van der Waals surface area (Å²) in [6.45, 7) is 0.407. The minimum absolute atomic E-state index is 0.0621. The van der Waals surface area contributed by atoms with Crippen LogP contribution in [0.2, 0.25) is 0 Å². The van der Waals surface area contributed by atoms with Gasteiger partial charge in [0.2, 0.25) is 0 Å². The Kier molecular flexibility index (Phi) is 6.89. The first-order valence-corrected chi connectivity index (χ1v) is 8.92. The molecular weight excluding hydrogens is 336 g/mol. The maximum Gasteiger partial charge on any atom is 0.273 e. The molecule has 0 aliphatic rings. The van der Waals surface area contributed by atoms with Crippen LogP contribution in [0.1, 0.15) is 4.88 Å². The van der Waals surface area contributed by atoms with Crippen LogP contribution in [0.3, 0.4) is 0 Å². The van der Waals surface area contributed by atoms with Crippen molar-refractivity contribution in [2.75, 3.05) is 18.9 Å². The predicted octanol–water partition coefficient (Wildman–Crippen LogP) is 3.08. The topological polar surface area (TPSA) is 81.5 Å². The molecule has 1 amide bonds. The molecule has 0 saturated carbocycles. The number of nitrogens with one attached hydrogen (secondary N) is 1. The number of carbonyl (C=O) groups excluding carboxylic acids is 1. The van der Waals surface area contributed by atoms with Crippen LogP contribution in [0.4, 0.5) is 5.69 Å². The molecule has 23 heavy (non-hydrogen) atoms. The number of non-ortho nitro benzene ring substituents is 1. The van der Waals surface area contributed by atoms with Gasteiger partial charge in [-0.3, -0.25) is 14.9 Å². The summed E-state index contributed by atoms with van der Waals surface area (Å²) in [5.74, 6) is 1.83. The van der Waals surface area contributed by atoms with Crippen molar-refractivity contribution >= 4 is 34.7 Å². The highest BCUT2D eigenvalue weighted by molar-refractivity contribution is 7.98. The number of ether oxygens (including phenoxy) is 1. The number of benzene rings is 1. The van der Waals surface area contributed by atoms with E-state index in [2.05, 4.69) is 11.4 Å². The van der Waals surface area contributed by atoms with Crippen LogP contribution in [0, 0.1) is 10.1 Å². The first-order chi connectivity index (χ1) is 11.1. The van der Waals surface area contributed by atoms with Crippen molar-refractivity contribution in [2.45, 2.75) is 5.75 Å². The highest BCUT2D eigenvalue weighted by Crippen LogP contribution is 2.19. The molecule has 1 aromatic carbocycles. The minimum Gasteiger partial charge on any atom is -0.484 e. The highest BCUT2D eigenvalue weighted by atomic mass is 32.2. The van der Waals surface area contributed by atoms with Gasteiger partial charge in [0.1, 0.15) is 5.75 Å². The molecule has 8 heteroatoms. The summed E-state index contributed by atoms with van der Waals surface area (Å²) in [4.78, 5) is 23.1. The summed E-state index contributed by atoms with van der Waals surface area (Å²) < 4.78 is 5.25. The van der Waals surface area contributed by atoms with E-state index in [1.165, 1.54) is 23.1 Å². The number of hydrogen-bond donors (Lipinski definition) is 1. The molecular formula is C15H16N2O4S2. The summed E-state index contributed by atoms with van der Waals surface area (Å²) in [7, 11) is 0. The van der Waals surface area contributed by atoms with Crippen LogP contribution in [-0.2, 0) is 10.5 Å². The second kappa shape index (κ2) is 9.16. The van der Waals surface area contributed by atoms with E-state index in [1.807, 2.05) is 11.4 Å². The van der Waals surface area contributed by atoms with Gasteiger partial charge in [-0.05, 0) is 17.5 Å². The Morgan fingerprint density at radius 2 is 2.22 bits per heavy atom. The molecule has 6 nitrogen and oxygen atoms in total. The highest BCUT2D eigenvalue weighted by Gasteiger charge is 2.08. The van der Waals surface area contributed by atoms with Crippen LogP contribution < -0.4 is 10.1 Å².